The zero-order chi connectivity index (χ0) is 31.9. The van der Waals surface area contributed by atoms with Crippen molar-refractivity contribution in [1.82, 2.24) is 15.0 Å². The molecule has 3 heteroatoms. The van der Waals surface area contributed by atoms with Crippen molar-refractivity contribution < 1.29 is 0 Å². The molecule has 3 nitrogen and oxygen atoms in total. The highest BCUT2D eigenvalue weighted by Gasteiger charge is 2.20. The fourth-order valence-corrected chi connectivity index (χ4v) is 6.85. The molecule has 9 aromatic rings. The fourth-order valence-electron chi connectivity index (χ4n) is 6.85. The van der Waals surface area contributed by atoms with E-state index in [1.165, 1.54) is 21.5 Å². The van der Waals surface area contributed by atoms with Gasteiger partial charge in [-0.3, -0.25) is 4.98 Å². The molecule has 0 saturated heterocycles. The van der Waals surface area contributed by atoms with Crippen LogP contribution in [0.3, 0.4) is 0 Å². The van der Waals surface area contributed by atoms with Crippen LogP contribution in [0.5, 0.6) is 0 Å². The van der Waals surface area contributed by atoms with E-state index >= 15 is 0 Å². The molecule has 0 saturated carbocycles. The summed E-state index contributed by atoms with van der Waals surface area (Å²) in [5, 5.41) is 4.78. The van der Waals surface area contributed by atoms with Crippen LogP contribution in [0.1, 0.15) is 0 Å². The van der Waals surface area contributed by atoms with Crippen molar-refractivity contribution in [2.24, 2.45) is 0 Å². The molecule has 0 bridgehead atoms. The van der Waals surface area contributed by atoms with Gasteiger partial charge < -0.3 is 0 Å². The van der Waals surface area contributed by atoms with Gasteiger partial charge in [-0.2, -0.15) is 0 Å². The van der Waals surface area contributed by atoms with E-state index < -0.39 is 0 Å². The molecule has 0 aliphatic rings. The molecule has 2 heterocycles. The third kappa shape index (κ3) is 4.81. The Balaban J connectivity index is 1.37. The van der Waals surface area contributed by atoms with Crippen LogP contribution >= 0.6 is 0 Å². The summed E-state index contributed by atoms with van der Waals surface area (Å²) in [6.07, 6.45) is 3.65. The first-order valence-corrected chi connectivity index (χ1v) is 16.2. The molecule has 2 aromatic heterocycles. The summed E-state index contributed by atoms with van der Waals surface area (Å²) < 4.78 is 0. The summed E-state index contributed by atoms with van der Waals surface area (Å²) in [6.45, 7) is 0. The molecular weight excluding hydrogens is 583 g/mol. The number of hydrogen-bond donors (Lipinski definition) is 0. The third-order valence-corrected chi connectivity index (χ3v) is 9.20. The number of pyridine rings is 1. The van der Waals surface area contributed by atoms with Crippen LogP contribution in [-0.2, 0) is 0 Å². The van der Waals surface area contributed by atoms with Gasteiger partial charge in [-0.15, -0.1) is 0 Å². The van der Waals surface area contributed by atoms with Crippen LogP contribution in [-0.4, -0.2) is 15.0 Å². The predicted octanol–water partition coefficient (Wildman–Crippen LogP) is 11.7. The molecule has 7 aromatic carbocycles. The highest BCUT2D eigenvalue weighted by atomic mass is 14.8. The minimum absolute atomic E-state index is 0.853. The zero-order valence-corrected chi connectivity index (χ0v) is 26.1. The molecule has 0 atom stereocenters. The van der Waals surface area contributed by atoms with Gasteiger partial charge in [-0.05, 0) is 55.9 Å². The SMILES string of the molecule is c1ccc(-c2nc3c(-c4cccc5ccccc45)ccc(-c4cccc5ccccc45)c3nc2-c2ccc(-c3ccncc3)cc2)cc1. The summed E-state index contributed by atoms with van der Waals surface area (Å²) >= 11 is 0. The Morgan fingerprint density at radius 3 is 1.29 bits per heavy atom. The van der Waals surface area contributed by atoms with Gasteiger partial charge in [-0.25, -0.2) is 9.97 Å². The number of nitrogens with zero attached hydrogens (tertiary/aromatic N) is 3. The Morgan fingerprint density at radius 1 is 0.292 bits per heavy atom. The minimum Gasteiger partial charge on any atom is -0.265 e. The summed E-state index contributed by atoms with van der Waals surface area (Å²) in [7, 11) is 0. The van der Waals surface area contributed by atoms with Crippen molar-refractivity contribution >= 4 is 32.6 Å². The lowest BCUT2D eigenvalue weighted by Crippen LogP contribution is -1.99. The van der Waals surface area contributed by atoms with Crippen LogP contribution in [0.15, 0.2) is 176 Å². The number of rotatable bonds is 5. The maximum absolute atomic E-state index is 5.60. The lowest BCUT2D eigenvalue weighted by Gasteiger charge is -2.17. The van der Waals surface area contributed by atoms with Gasteiger partial charge in [0, 0.05) is 34.6 Å². The van der Waals surface area contributed by atoms with Crippen LogP contribution in [0.25, 0.3) is 88.5 Å². The molecule has 0 fully saturated rings. The van der Waals surface area contributed by atoms with E-state index in [0.717, 1.165) is 66.9 Å². The normalized spacial score (nSPS) is 11.3. The monoisotopic (exact) mass is 611 g/mol. The van der Waals surface area contributed by atoms with E-state index in [2.05, 4.69) is 151 Å². The Bertz CT molecular complexity index is 2580. The highest BCUT2D eigenvalue weighted by Crippen LogP contribution is 2.42. The van der Waals surface area contributed by atoms with Crippen molar-refractivity contribution in [2.45, 2.75) is 0 Å². The molecule has 0 unspecified atom stereocenters. The Morgan fingerprint density at radius 2 is 0.729 bits per heavy atom. The fraction of sp³-hybridized carbons (Fsp3) is 0. The second-order valence-corrected chi connectivity index (χ2v) is 12.0. The minimum atomic E-state index is 0.853. The largest absolute Gasteiger partial charge is 0.265 e. The summed E-state index contributed by atoms with van der Waals surface area (Å²) in [5.74, 6) is 0. The first-order valence-electron chi connectivity index (χ1n) is 16.2. The Kier molecular flexibility index (Phi) is 6.80. The number of hydrogen-bond acceptors (Lipinski definition) is 3. The third-order valence-electron chi connectivity index (χ3n) is 9.20. The van der Waals surface area contributed by atoms with Crippen LogP contribution in [0, 0.1) is 0 Å². The maximum atomic E-state index is 5.60. The molecule has 0 aliphatic heterocycles. The molecular formula is C45H29N3. The first-order chi connectivity index (χ1) is 23.8. The van der Waals surface area contributed by atoms with E-state index in [9.17, 15) is 0 Å². The Hall–Kier alpha value is -6.45. The molecule has 0 radical (unpaired) electrons. The van der Waals surface area contributed by atoms with Gasteiger partial charge in [0.15, 0.2) is 0 Å². The lowest BCUT2D eigenvalue weighted by atomic mass is 9.91. The van der Waals surface area contributed by atoms with E-state index in [0.29, 0.717) is 0 Å². The van der Waals surface area contributed by atoms with Crippen molar-refractivity contribution in [3.63, 3.8) is 0 Å². The van der Waals surface area contributed by atoms with Gasteiger partial charge in [0.05, 0.1) is 22.4 Å². The van der Waals surface area contributed by atoms with Gasteiger partial charge in [0.1, 0.15) is 0 Å². The molecule has 0 N–H and O–H groups in total. The average molecular weight is 612 g/mol. The van der Waals surface area contributed by atoms with Crippen LogP contribution < -0.4 is 0 Å². The van der Waals surface area contributed by atoms with Crippen molar-refractivity contribution in [2.75, 3.05) is 0 Å². The molecule has 0 spiro atoms. The van der Waals surface area contributed by atoms with E-state index in [1.807, 2.05) is 30.6 Å². The van der Waals surface area contributed by atoms with Crippen molar-refractivity contribution in [1.29, 1.82) is 0 Å². The molecule has 9 rings (SSSR count). The summed E-state index contributed by atoms with van der Waals surface area (Å²) in [5.41, 5.74) is 12.2. The second kappa shape index (κ2) is 11.7. The topological polar surface area (TPSA) is 38.7 Å². The Labute approximate surface area is 278 Å². The zero-order valence-electron chi connectivity index (χ0n) is 26.1. The van der Waals surface area contributed by atoms with Crippen molar-refractivity contribution in [3.8, 4) is 55.9 Å². The smallest absolute Gasteiger partial charge is 0.0979 e. The highest BCUT2D eigenvalue weighted by molar-refractivity contribution is 6.10. The van der Waals surface area contributed by atoms with Gasteiger partial charge in [0.25, 0.3) is 0 Å². The molecule has 48 heavy (non-hydrogen) atoms. The van der Waals surface area contributed by atoms with E-state index in [1.54, 1.807) is 0 Å². The van der Waals surface area contributed by atoms with E-state index in [4.69, 9.17) is 9.97 Å². The molecule has 0 amide bonds. The van der Waals surface area contributed by atoms with Crippen LogP contribution in [0.2, 0.25) is 0 Å². The standard InChI is InChI=1S/C45H29N3/c1-2-12-34(13-3-1)42-43(35-22-20-30(21-23-35)31-26-28-46-29-27-31)48-45-41(39-19-9-15-33-11-5-7-17-37(33)39)25-24-40(44(45)47-42)38-18-8-14-32-10-4-6-16-36(32)38/h1-29H. The van der Waals surface area contributed by atoms with Gasteiger partial charge >= 0.3 is 0 Å². The first kappa shape index (κ1) is 27.8. The van der Waals surface area contributed by atoms with Gasteiger partial charge in [0.2, 0.25) is 0 Å². The number of fused-ring (bicyclic) bond motifs is 3. The number of aromatic nitrogens is 3. The van der Waals surface area contributed by atoms with Crippen molar-refractivity contribution in [3.05, 3.63) is 176 Å². The average Bonchev–Trinajstić information content (AvgIpc) is 3.17. The van der Waals surface area contributed by atoms with Crippen LogP contribution in [0.4, 0.5) is 0 Å². The number of benzene rings is 7. The molecule has 224 valence electrons. The molecule has 0 aliphatic carbocycles. The second-order valence-electron chi connectivity index (χ2n) is 12.0. The predicted molar refractivity (Wildman–Crippen MR) is 200 cm³/mol. The summed E-state index contributed by atoms with van der Waals surface area (Å²) in [6, 6.07) is 57.7. The summed E-state index contributed by atoms with van der Waals surface area (Å²) in [4.78, 5) is 15.4. The lowest BCUT2D eigenvalue weighted by molar-refractivity contribution is 1.29. The quantitative estimate of drug-likeness (QED) is 0.194. The van der Waals surface area contributed by atoms with E-state index in [-0.39, 0.29) is 0 Å². The van der Waals surface area contributed by atoms with Gasteiger partial charge in [-0.1, -0.05) is 152 Å². The maximum Gasteiger partial charge on any atom is 0.0979 e.